The lowest BCUT2D eigenvalue weighted by Crippen LogP contribution is -2.05. The van der Waals surface area contributed by atoms with Crippen LogP contribution in [0, 0.1) is 11.3 Å². The van der Waals surface area contributed by atoms with Crippen molar-refractivity contribution in [3.63, 3.8) is 0 Å². The van der Waals surface area contributed by atoms with Crippen LogP contribution in [0.2, 0.25) is 10.0 Å². The summed E-state index contributed by atoms with van der Waals surface area (Å²) in [5.74, 6) is 0. The van der Waals surface area contributed by atoms with Crippen molar-refractivity contribution in [2.45, 2.75) is 0 Å². The van der Waals surface area contributed by atoms with Gasteiger partial charge in [-0.05, 0) is 24.4 Å². The Bertz CT molecular complexity index is 384. The van der Waals surface area contributed by atoms with Crippen LogP contribution in [0.1, 0.15) is 0 Å². The van der Waals surface area contributed by atoms with Crippen LogP contribution in [-0.2, 0) is 0 Å². The minimum absolute atomic E-state index is 0.0594. The Morgan fingerprint density at radius 2 is 2.15 bits per heavy atom. The predicted molar refractivity (Wildman–Crippen MR) is 58.3 cm³/mol. The van der Waals surface area contributed by atoms with E-state index in [-0.39, 0.29) is 4.99 Å². The molecule has 0 radical (unpaired) electrons. The summed E-state index contributed by atoms with van der Waals surface area (Å²) in [6, 6.07) is 6.85. The third-order valence-corrected chi connectivity index (χ3v) is 2.31. The van der Waals surface area contributed by atoms with Crippen LogP contribution in [0.15, 0.2) is 18.2 Å². The molecule has 0 spiro atoms. The zero-order valence-corrected chi connectivity index (χ0v) is 8.67. The monoisotopic (exact) mass is 230 g/mol. The summed E-state index contributed by atoms with van der Waals surface area (Å²) in [4.78, 5) is 0.0594. The van der Waals surface area contributed by atoms with Gasteiger partial charge < -0.3 is 5.32 Å². The second-order valence-corrected chi connectivity index (χ2v) is 3.36. The van der Waals surface area contributed by atoms with E-state index in [0.29, 0.717) is 15.7 Å². The summed E-state index contributed by atoms with van der Waals surface area (Å²) < 4.78 is 0. The van der Waals surface area contributed by atoms with E-state index < -0.39 is 0 Å². The summed E-state index contributed by atoms with van der Waals surface area (Å²) >= 11 is 16.2. The highest BCUT2D eigenvalue weighted by atomic mass is 35.5. The molecule has 0 saturated heterocycles. The van der Waals surface area contributed by atoms with Gasteiger partial charge in [0.25, 0.3) is 0 Å². The van der Waals surface area contributed by atoms with Crippen molar-refractivity contribution in [2.24, 2.45) is 0 Å². The van der Waals surface area contributed by atoms with E-state index in [2.05, 4.69) is 17.5 Å². The van der Waals surface area contributed by atoms with Crippen LogP contribution in [-0.4, -0.2) is 4.99 Å². The van der Waals surface area contributed by atoms with Crippen molar-refractivity contribution in [1.82, 2.24) is 0 Å². The molecule has 0 amide bonds. The van der Waals surface area contributed by atoms with Gasteiger partial charge in [-0.2, -0.15) is 5.26 Å². The molecule has 0 aliphatic rings. The number of hydrogen-bond acceptors (Lipinski definition) is 2. The number of halogens is 2. The first kappa shape index (κ1) is 10.3. The molecule has 1 rings (SSSR count). The molecule has 0 aromatic heterocycles. The molecule has 1 aromatic rings. The largest absolute Gasteiger partial charge is 0.337 e. The topological polar surface area (TPSA) is 35.8 Å². The number of thiocarbonyl (C=S) groups is 1. The van der Waals surface area contributed by atoms with E-state index >= 15 is 0 Å². The van der Waals surface area contributed by atoms with Gasteiger partial charge in [-0.25, -0.2) is 0 Å². The third kappa shape index (κ3) is 2.56. The van der Waals surface area contributed by atoms with E-state index in [1.165, 1.54) is 0 Å². The Hall–Kier alpha value is -0.820. The van der Waals surface area contributed by atoms with Crippen molar-refractivity contribution < 1.29 is 0 Å². The molecule has 2 nitrogen and oxygen atoms in total. The first-order valence-corrected chi connectivity index (χ1v) is 4.46. The Labute approximate surface area is 91.1 Å². The number of nitriles is 1. The number of benzene rings is 1. The standard InChI is InChI=1S/C8H4Cl2N2S/c9-5-2-1-3-6(8(5)10)12-7(13)4-11/h1-3H,(H,12,13). The minimum atomic E-state index is 0.0594. The number of nitrogens with one attached hydrogen (secondary N) is 1. The highest BCUT2D eigenvalue weighted by molar-refractivity contribution is 7.81. The smallest absolute Gasteiger partial charge is 0.182 e. The van der Waals surface area contributed by atoms with Gasteiger partial charge in [-0.15, -0.1) is 0 Å². The number of hydrogen-bond donors (Lipinski definition) is 1. The zero-order valence-electron chi connectivity index (χ0n) is 6.34. The number of rotatable bonds is 1. The van der Waals surface area contributed by atoms with Gasteiger partial charge in [0.1, 0.15) is 6.07 Å². The van der Waals surface area contributed by atoms with E-state index in [1.807, 2.05) is 0 Å². The van der Waals surface area contributed by atoms with Crippen molar-refractivity contribution in [3.05, 3.63) is 28.2 Å². The molecule has 0 saturated carbocycles. The Morgan fingerprint density at radius 3 is 2.77 bits per heavy atom. The van der Waals surface area contributed by atoms with E-state index in [9.17, 15) is 0 Å². The van der Waals surface area contributed by atoms with E-state index in [0.717, 1.165) is 0 Å². The molecule has 0 heterocycles. The van der Waals surface area contributed by atoms with Gasteiger partial charge in [0.2, 0.25) is 0 Å². The molecular weight excluding hydrogens is 227 g/mol. The molecule has 0 aliphatic heterocycles. The van der Waals surface area contributed by atoms with Crippen LogP contribution in [0.4, 0.5) is 5.69 Å². The van der Waals surface area contributed by atoms with E-state index in [1.54, 1.807) is 24.3 Å². The first-order chi connectivity index (χ1) is 6.15. The van der Waals surface area contributed by atoms with Crippen LogP contribution in [0.5, 0.6) is 0 Å². The summed E-state index contributed by atoms with van der Waals surface area (Å²) in [5.41, 5.74) is 0.542. The lowest BCUT2D eigenvalue weighted by Gasteiger charge is -2.05. The second kappa shape index (κ2) is 4.43. The molecular formula is C8H4Cl2N2S. The molecule has 13 heavy (non-hydrogen) atoms. The Kier molecular flexibility index (Phi) is 3.49. The summed E-state index contributed by atoms with van der Waals surface area (Å²) in [5, 5.41) is 11.9. The van der Waals surface area contributed by atoms with Crippen molar-refractivity contribution in [2.75, 3.05) is 5.32 Å². The fourth-order valence-corrected chi connectivity index (χ4v) is 1.21. The lowest BCUT2D eigenvalue weighted by molar-refractivity contribution is 1.54. The fraction of sp³-hybridized carbons (Fsp3) is 0. The van der Waals surface area contributed by atoms with Gasteiger partial charge in [-0.1, -0.05) is 29.3 Å². The van der Waals surface area contributed by atoms with Gasteiger partial charge in [0.05, 0.1) is 15.7 Å². The molecule has 66 valence electrons. The second-order valence-electron chi connectivity index (χ2n) is 2.17. The Morgan fingerprint density at radius 1 is 1.46 bits per heavy atom. The first-order valence-electron chi connectivity index (χ1n) is 3.30. The minimum Gasteiger partial charge on any atom is -0.337 e. The summed E-state index contributed by atoms with van der Waals surface area (Å²) in [7, 11) is 0. The average molecular weight is 231 g/mol. The predicted octanol–water partition coefficient (Wildman–Crippen LogP) is 3.26. The maximum atomic E-state index is 8.43. The summed E-state index contributed by atoms with van der Waals surface area (Å²) in [6.45, 7) is 0. The van der Waals surface area contributed by atoms with Gasteiger partial charge in [0, 0.05) is 0 Å². The molecule has 0 fully saturated rings. The highest BCUT2D eigenvalue weighted by Gasteiger charge is 2.04. The maximum absolute atomic E-state index is 8.43. The van der Waals surface area contributed by atoms with Crippen molar-refractivity contribution >= 4 is 46.1 Å². The summed E-state index contributed by atoms with van der Waals surface area (Å²) in [6.07, 6.45) is 0. The molecule has 0 atom stereocenters. The van der Waals surface area contributed by atoms with Crippen molar-refractivity contribution in [1.29, 1.82) is 5.26 Å². The van der Waals surface area contributed by atoms with E-state index in [4.69, 9.17) is 28.5 Å². The zero-order chi connectivity index (χ0) is 9.84. The van der Waals surface area contributed by atoms with Crippen LogP contribution in [0.25, 0.3) is 0 Å². The molecule has 0 unspecified atom stereocenters. The normalized spacial score (nSPS) is 9.00. The quantitative estimate of drug-likeness (QED) is 0.753. The number of nitrogens with zero attached hydrogens (tertiary/aromatic N) is 1. The fourth-order valence-electron chi connectivity index (χ4n) is 0.751. The molecule has 1 aromatic carbocycles. The molecule has 5 heteroatoms. The number of anilines is 1. The van der Waals surface area contributed by atoms with Gasteiger partial charge in [0.15, 0.2) is 4.99 Å². The maximum Gasteiger partial charge on any atom is 0.182 e. The SMILES string of the molecule is N#CC(=S)Nc1cccc(Cl)c1Cl. The third-order valence-electron chi connectivity index (χ3n) is 1.30. The van der Waals surface area contributed by atoms with Crippen LogP contribution in [0.3, 0.4) is 0 Å². The van der Waals surface area contributed by atoms with Gasteiger partial charge in [-0.3, -0.25) is 0 Å². The molecule has 0 aliphatic carbocycles. The van der Waals surface area contributed by atoms with Gasteiger partial charge >= 0.3 is 0 Å². The highest BCUT2D eigenvalue weighted by Crippen LogP contribution is 2.29. The molecule has 1 N–H and O–H groups in total. The van der Waals surface area contributed by atoms with Crippen LogP contribution >= 0.6 is 35.4 Å². The Balaban J connectivity index is 2.97. The lowest BCUT2D eigenvalue weighted by atomic mass is 10.3. The average Bonchev–Trinajstić information content (AvgIpc) is 2.13. The van der Waals surface area contributed by atoms with Crippen LogP contribution < -0.4 is 5.32 Å². The van der Waals surface area contributed by atoms with Crippen molar-refractivity contribution in [3.8, 4) is 6.07 Å². The molecule has 0 bridgehead atoms.